The lowest BCUT2D eigenvalue weighted by molar-refractivity contribution is 0.916. The van der Waals surface area contributed by atoms with Crippen molar-refractivity contribution >= 4 is 28.8 Å². The highest BCUT2D eigenvalue weighted by Gasteiger charge is 2.04. The minimum Gasteiger partial charge on any atom is -0.252 e. The van der Waals surface area contributed by atoms with E-state index in [0.29, 0.717) is 10.4 Å². The van der Waals surface area contributed by atoms with Gasteiger partial charge in [0, 0.05) is 11.6 Å². The Bertz CT molecular complexity index is 668. The number of hydrogen-bond donors (Lipinski definition) is 1. The van der Waals surface area contributed by atoms with Crippen molar-refractivity contribution in [3.63, 3.8) is 0 Å². The maximum absolute atomic E-state index is 5.00. The van der Waals surface area contributed by atoms with Crippen molar-refractivity contribution in [2.45, 2.75) is 0 Å². The first-order valence-corrected chi connectivity index (χ1v) is 4.44. The van der Waals surface area contributed by atoms with E-state index in [0.717, 1.165) is 10.9 Å². The van der Waals surface area contributed by atoms with Crippen LogP contribution in [0.2, 0.25) is 0 Å². The zero-order chi connectivity index (χ0) is 9.54. The van der Waals surface area contributed by atoms with Crippen LogP contribution in [0.1, 0.15) is 0 Å². The molecule has 3 rings (SSSR count). The molecule has 14 heavy (non-hydrogen) atoms. The molecule has 0 bridgehead atoms. The number of hydrogen-bond acceptors (Lipinski definition) is 4. The predicted octanol–water partition coefficient (Wildman–Crippen LogP) is 1.34. The first kappa shape index (κ1) is 7.57. The van der Waals surface area contributed by atoms with Crippen LogP contribution in [0, 0.1) is 4.77 Å². The number of pyridine rings is 1. The molecule has 0 aliphatic heterocycles. The van der Waals surface area contributed by atoms with Gasteiger partial charge in [-0.15, -0.1) is 0 Å². The van der Waals surface area contributed by atoms with E-state index < -0.39 is 0 Å². The molecule has 3 aromatic heterocycles. The molecule has 0 aromatic carbocycles. The Hall–Kier alpha value is -1.82. The summed E-state index contributed by atoms with van der Waals surface area (Å²) in [7, 11) is 0. The summed E-state index contributed by atoms with van der Waals surface area (Å²) in [6.07, 6.45) is 3.45. The van der Waals surface area contributed by atoms with Gasteiger partial charge >= 0.3 is 0 Å². The maximum atomic E-state index is 5.00. The van der Waals surface area contributed by atoms with Crippen molar-refractivity contribution in [1.82, 2.24) is 24.8 Å². The van der Waals surface area contributed by atoms with Crippen LogP contribution in [0.25, 0.3) is 16.6 Å². The lowest BCUT2D eigenvalue weighted by Gasteiger charge is -1.95. The molecule has 1 N–H and O–H groups in total. The number of rotatable bonds is 0. The third-order valence-corrected chi connectivity index (χ3v) is 2.28. The smallest absolute Gasteiger partial charge is 0.216 e. The van der Waals surface area contributed by atoms with Gasteiger partial charge < -0.3 is 0 Å². The summed E-state index contributed by atoms with van der Waals surface area (Å²) < 4.78 is 2.04. The zero-order valence-electron chi connectivity index (χ0n) is 7.01. The van der Waals surface area contributed by atoms with Gasteiger partial charge in [0.05, 0.1) is 6.20 Å². The first-order valence-electron chi connectivity index (χ1n) is 4.03. The number of aromatic nitrogens is 5. The number of nitrogens with zero attached hydrogens (tertiary/aromatic N) is 4. The van der Waals surface area contributed by atoms with E-state index in [-0.39, 0.29) is 0 Å². The minimum atomic E-state index is 0.479. The fourth-order valence-electron chi connectivity index (χ4n) is 1.38. The molecule has 0 unspecified atom stereocenters. The number of aromatic amines is 1. The minimum absolute atomic E-state index is 0.479. The second-order valence-electron chi connectivity index (χ2n) is 2.85. The van der Waals surface area contributed by atoms with Gasteiger partial charge in [-0.05, 0) is 24.4 Å². The average Bonchev–Trinajstić information content (AvgIpc) is 2.61. The van der Waals surface area contributed by atoms with E-state index in [9.17, 15) is 0 Å². The molecular weight excluding hydrogens is 198 g/mol. The summed E-state index contributed by atoms with van der Waals surface area (Å²) in [5.74, 6) is 0. The van der Waals surface area contributed by atoms with E-state index in [1.54, 1.807) is 16.9 Å². The fraction of sp³-hybridized carbons (Fsp3) is 0. The van der Waals surface area contributed by atoms with E-state index in [1.807, 2.05) is 12.1 Å². The monoisotopic (exact) mass is 203 g/mol. The van der Waals surface area contributed by atoms with Crippen molar-refractivity contribution in [1.29, 1.82) is 0 Å². The van der Waals surface area contributed by atoms with Crippen LogP contribution in [-0.2, 0) is 0 Å². The van der Waals surface area contributed by atoms with E-state index >= 15 is 0 Å². The van der Waals surface area contributed by atoms with Crippen LogP contribution >= 0.6 is 12.2 Å². The van der Waals surface area contributed by atoms with Gasteiger partial charge in [-0.2, -0.15) is 14.7 Å². The van der Waals surface area contributed by atoms with Crippen LogP contribution < -0.4 is 0 Å². The summed E-state index contributed by atoms with van der Waals surface area (Å²) in [6, 6.07) is 3.80. The van der Waals surface area contributed by atoms with Crippen LogP contribution in [-0.4, -0.2) is 24.8 Å². The molecule has 0 amide bonds. The highest BCUT2D eigenvalue weighted by molar-refractivity contribution is 7.71. The maximum Gasteiger partial charge on any atom is 0.216 e. The van der Waals surface area contributed by atoms with Crippen molar-refractivity contribution < 1.29 is 0 Å². The van der Waals surface area contributed by atoms with Crippen molar-refractivity contribution in [3.8, 4) is 0 Å². The summed E-state index contributed by atoms with van der Waals surface area (Å²) in [5.41, 5.74) is 1.46. The van der Waals surface area contributed by atoms with Gasteiger partial charge in [0.2, 0.25) is 10.4 Å². The lowest BCUT2D eigenvalue weighted by atomic mass is 10.3. The molecule has 0 saturated carbocycles. The molecule has 3 aromatic rings. The highest BCUT2D eigenvalue weighted by Crippen LogP contribution is 2.12. The number of fused-ring (bicyclic) bond motifs is 3. The van der Waals surface area contributed by atoms with Gasteiger partial charge in [0.15, 0.2) is 0 Å². The molecule has 0 radical (unpaired) electrons. The Balaban J connectivity index is 2.68. The topological polar surface area (TPSA) is 58.9 Å². The molecule has 0 aliphatic carbocycles. The molecule has 0 saturated heterocycles. The fourth-order valence-corrected chi connectivity index (χ4v) is 1.56. The lowest BCUT2D eigenvalue weighted by Crippen LogP contribution is -1.92. The summed E-state index contributed by atoms with van der Waals surface area (Å²) in [4.78, 5) is 4.23. The van der Waals surface area contributed by atoms with Crippen LogP contribution in [0.5, 0.6) is 0 Å². The van der Waals surface area contributed by atoms with Gasteiger partial charge in [-0.3, -0.25) is 4.98 Å². The van der Waals surface area contributed by atoms with Crippen LogP contribution in [0.15, 0.2) is 24.5 Å². The Morgan fingerprint density at radius 1 is 1.43 bits per heavy atom. The number of nitrogens with one attached hydrogen (secondary N) is 1. The Labute approximate surface area is 83.4 Å². The molecule has 5 nitrogen and oxygen atoms in total. The Morgan fingerprint density at radius 2 is 2.36 bits per heavy atom. The SMILES string of the molecule is S=c1[nH]nc2c3ncccc3cnn12. The van der Waals surface area contributed by atoms with Crippen molar-refractivity contribution in [2.24, 2.45) is 0 Å². The van der Waals surface area contributed by atoms with Gasteiger partial charge in [-0.25, -0.2) is 5.10 Å². The molecule has 6 heteroatoms. The third-order valence-electron chi connectivity index (χ3n) is 2.01. The normalized spacial score (nSPS) is 11.1. The van der Waals surface area contributed by atoms with Crippen molar-refractivity contribution in [3.05, 3.63) is 29.3 Å². The predicted molar refractivity (Wildman–Crippen MR) is 53.5 cm³/mol. The molecule has 68 valence electrons. The Kier molecular flexibility index (Phi) is 1.40. The second-order valence-corrected chi connectivity index (χ2v) is 3.24. The van der Waals surface area contributed by atoms with Gasteiger partial charge in [0.25, 0.3) is 0 Å². The Morgan fingerprint density at radius 3 is 3.29 bits per heavy atom. The molecule has 0 spiro atoms. The standard InChI is InChI=1S/C8H5N5S/c14-8-12-11-7-6-5(2-1-3-9-6)4-10-13(7)8/h1-4H,(H,12,14). The molecule has 0 atom stereocenters. The third kappa shape index (κ3) is 0.882. The number of H-pyrrole nitrogens is 1. The van der Waals surface area contributed by atoms with Gasteiger partial charge in [0.1, 0.15) is 5.52 Å². The molecular formula is C8H5N5S. The highest BCUT2D eigenvalue weighted by atomic mass is 32.1. The van der Waals surface area contributed by atoms with E-state index in [1.165, 1.54) is 0 Å². The van der Waals surface area contributed by atoms with Crippen LogP contribution in [0.3, 0.4) is 0 Å². The van der Waals surface area contributed by atoms with Crippen molar-refractivity contribution in [2.75, 3.05) is 0 Å². The molecule has 0 aliphatic rings. The van der Waals surface area contributed by atoms with Gasteiger partial charge in [-0.1, -0.05) is 0 Å². The zero-order valence-corrected chi connectivity index (χ0v) is 7.82. The summed E-state index contributed by atoms with van der Waals surface area (Å²) in [5, 5.41) is 11.8. The molecule has 3 heterocycles. The first-order chi connectivity index (χ1) is 6.86. The van der Waals surface area contributed by atoms with Crippen LogP contribution in [0.4, 0.5) is 0 Å². The molecule has 0 fully saturated rings. The summed E-state index contributed by atoms with van der Waals surface area (Å²) >= 11 is 5.00. The van der Waals surface area contributed by atoms with E-state index in [2.05, 4.69) is 20.3 Å². The largest absolute Gasteiger partial charge is 0.252 e. The quantitative estimate of drug-likeness (QED) is 0.560. The second kappa shape index (κ2) is 2.58. The summed E-state index contributed by atoms with van der Waals surface area (Å²) in [6.45, 7) is 0. The van der Waals surface area contributed by atoms with E-state index in [4.69, 9.17) is 12.2 Å². The average molecular weight is 203 g/mol.